The van der Waals surface area contributed by atoms with Crippen LogP contribution in [0.25, 0.3) is 0 Å². The van der Waals surface area contributed by atoms with Crippen LogP contribution in [-0.4, -0.2) is 5.78 Å². The SMILES string of the molecule is C[C@H]1C(=O)C[C@@H]2[C@H]1CC[C@H]1[C@H]2CC[C@H]2CCCC[C@@]21C. The van der Waals surface area contributed by atoms with Crippen LogP contribution >= 0.6 is 0 Å². The maximum atomic E-state index is 12.2. The van der Waals surface area contributed by atoms with E-state index in [-0.39, 0.29) is 0 Å². The maximum absolute atomic E-state index is 12.2. The molecule has 1 nitrogen and oxygen atoms in total. The molecule has 7 atom stereocenters. The number of carbonyl (C=O) groups is 1. The highest BCUT2D eigenvalue weighted by Gasteiger charge is 2.56. The van der Waals surface area contributed by atoms with Crippen LogP contribution in [0.4, 0.5) is 0 Å². The second-order valence-electron chi connectivity index (χ2n) is 8.66. The lowest BCUT2D eigenvalue weighted by molar-refractivity contribution is -0.120. The van der Waals surface area contributed by atoms with Crippen molar-refractivity contribution in [1.29, 1.82) is 0 Å². The van der Waals surface area contributed by atoms with E-state index in [2.05, 4.69) is 13.8 Å². The zero-order chi connectivity index (χ0) is 13.9. The Balaban J connectivity index is 1.62. The number of rotatable bonds is 0. The zero-order valence-corrected chi connectivity index (χ0v) is 13.2. The lowest BCUT2D eigenvalue weighted by Crippen LogP contribution is -2.50. The fraction of sp³-hybridized carbons (Fsp3) is 0.947. The van der Waals surface area contributed by atoms with Gasteiger partial charge in [0.1, 0.15) is 5.78 Å². The minimum Gasteiger partial charge on any atom is -0.299 e. The van der Waals surface area contributed by atoms with Crippen LogP contribution in [0, 0.1) is 40.9 Å². The fourth-order valence-corrected chi connectivity index (χ4v) is 7.02. The molecule has 0 N–H and O–H groups in total. The average Bonchev–Trinajstić information content (AvgIpc) is 2.74. The summed E-state index contributed by atoms with van der Waals surface area (Å²) in [4.78, 5) is 12.2. The van der Waals surface area contributed by atoms with Crippen LogP contribution < -0.4 is 0 Å². The number of ketones is 1. The summed E-state index contributed by atoms with van der Waals surface area (Å²) >= 11 is 0. The minimum atomic E-state index is 0.373. The molecule has 20 heavy (non-hydrogen) atoms. The molecule has 0 aromatic carbocycles. The Morgan fingerprint density at radius 1 is 0.950 bits per heavy atom. The summed E-state index contributed by atoms with van der Waals surface area (Å²) in [5, 5.41) is 0. The molecule has 0 heterocycles. The molecule has 0 aromatic heterocycles. The molecule has 4 rings (SSSR count). The molecule has 0 aromatic rings. The highest BCUT2D eigenvalue weighted by Crippen LogP contribution is 2.63. The van der Waals surface area contributed by atoms with Crippen LogP contribution in [0.1, 0.15) is 71.6 Å². The Hall–Kier alpha value is -0.330. The van der Waals surface area contributed by atoms with Crippen molar-refractivity contribution in [2.75, 3.05) is 0 Å². The quantitative estimate of drug-likeness (QED) is 0.617. The third-order valence-corrected chi connectivity index (χ3v) is 8.16. The molecular weight excluding hydrogens is 244 g/mol. The van der Waals surface area contributed by atoms with Crippen LogP contribution in [0.3, 0.4) is 0 Å². The van der Waals surface area contributed by atoms with Gasteiger partial charge in [-0.3, -0.25) is 4.79 Å². The molecule has 0 amide bonds. The summed E-state index contributed by atoms with van der Waals surface area (Å²) in [5.74, 6) is 5.30. The topological polar surface area (TPSA) is 17.1 Å². The molecule has 0 radical (unpaired) electrons. The minimum absolute atomic E-state index is 0.373. The van der Waals surface area contributed by atoms with Crippen molar-refractivity contribution in [2.24, 2.45) is 40.9 Å². The number of Topliss-reactive ketones (excluding diaryl/α,β-unsaturated/α-hetero) is 1. The number of fused-ring (bicyclic) bond motifs is 5. The fourth-order valence-electron chi connectivity index (χ4n) is 7.02. The van der Waals surface area contributed by atoms with Crippen LogP contribution in [0.15, 0.2) is 0 Å². The molecular formula is C19H30O. The molecule has 4 saturated carbocycles. The largest absolute Gasteiger partial charge is 0.299 e. The smallest absolute Gasteiger partial charge is 0.136 e. The van der Waals surface area contributed by atoms with Gasteiger partial charge in [-0.1, -0.05) is 26.7 Å². The molecule has 0 saturated heterocycles. The van der Waals surface area contributed by atoms with Crippen molar-refractivity contribution in [3.05, 3.63) is 0 Å². The van der Waals surface area contributed by atoms with E-state index < -0.39 is 0 Å². The zero-order valence-electron chi connectivity index (χ0n) is 13.2. The van der Waals surface area contributed by atoms with Gasteiger partial charge in [-0.25, -0.2) is 0 Å². The summed E-state index contributed by atoms with van der Waals surface area (Å²) in [7, 11) is 0. The number of hydrogen-bond acceptors (Lipinski definition) is 1. The van der Waals surface area contributed by atoms with Crippen molar-refractivity contribution in [1.82, 2.24) is 0 Å². The summed E-state index contributed by atoms with van der Waals surface area (Å²) in [6.07, 6.45) is 12.5. The molecule has 112 valence electrons. The van der Waals surface area contributed by atoms with E-state index in [0.717, 1.165) is 36.0 Å². The van der Waals surface area contributed by atoms with Crippen molar-refractivity contribution < 1.29 is 4.79 Å². The van der Waals surface area contributed by atoms with Gasteiger partial charge < -0.3 is 0 Å². The molecule has 1 heteroatoms. The Bertz CT molecular complexity index is 414. The van der Waals surface area contributed by atoms with Gasteiger partial charge >= 0.3 is 0 Å². The Labute approximate surface area is 123 Å². The molecule has 0 spiro atoms. The van der Waals surface area contributed by atoms with Crippen LogP contribution in [0.5, 0.6) is 0 Å². The first-order chi connectivity index (χ1) is 9.61. The maximum Gasteiger partial charge on any atom is 0.136 e. The average molecular weight is 274 g/mol. The third-order valence-electron chi connectivity index (χ3n) is 8.16. The normalized spacial score (nSPS) is 55.0. The standard InChI is InChI=1S/C19H30O/c1-12-14-8-9-17-15(16(14)11-18(12)20)7-6-13-5-3-4-10-19(13,17)2/h12-17H,3-11H2,1-2H3/t12-,13-,14+,15+,16-,17+,19+/m1/s1. The van der Waals surface area contributed by atoms with Crippen molar-refractivity contribution in [3.63, 3.8) is 0 Å². The Morgan fingerprint density at radius 2 is 1.75 bits per heavy atom. The molecule has 0 bridgehead atoms. The highest BCUT2D eigenvalue weighted by atomic mass is 16.1. The van der Waals surface area contributed by atoms with Gasteiger partial charge in [-0.05, 0) is 73.5 Å². The first-order valence-electron chi connectivity index (χ1n) is 9.14. The summed E-state index contributed by atoms with van der Waals surface area (Å²) < 4.78 is 0. The molecule has 4 aliphatic carbocycles. The van der Waals surface area contributed by atoms with Crippen molar-refractivity contribution >= 4 is 5.78 Å². The summed E-state index contributed by atoms with van der Waals surface area (Å²) in [5.41, 5.74) is 0.626. The highest BCUT2D eigenvalue weighted by molar-refractivity contribution is 5.83. The Morgan fingerprint density at radius 3 is 2.60 bits per heavy atom. The van der Waals surface area contributed by atoms with Gasteiger partial charge in [0.15, 0.2) is 0 Å². The molecule has 4 fully saturated rings. The van der Waals surface area contributed by atoms with E-state index in [1.165, 1.54) is 51.4 Å². The van der Waals surface area contributed by atoms with Gasteiger partial charge in [-0.2, -0.15) is 0 Å². The number of hydrogen-bond donors (Lipinski definition) is 0. The number of carbonyl (C=O) groups excluding carboxylic acids is 1. The van der Waals surface area contributed by atoms with Crippen molar-refractivity contribution in [2.45, 2.75) is 71.6 Å². The van der Waals surface area contributed by atoms with Crippen molar-refractivity contribution in [3.8, 4) is 0 Å². The van der Waals surface area contributed by atoms with Crippen LogP contribution in [0.2, 0.25) is 0 Å². The van der Waals surface area contributed by atoms with E-state index in [0.29, 0.717) is 17.1 Å². The Kier molecular flexibility index (Phi) is 3.06. The van der Waals surface area contributed by atoms with E-state index in [4.69, 9.17) is 0 Å². The van der Waals surface area contributed by atoms with Crippen LogP contribution in [-0.2, 0) is 4.79 Å². The summed E-state index contributed by atoms with van der Waals surface area (Å²) in [6, 6.07) is 0. The second kappa shape index (κ2) is 4.58. The van der Waals surface area contributed by atoms with Gasteiger partial charge in [-0.15, -0.1) is 0 Å². The third kappa shape index (κ3) is 1.70. The monoisotopic (exact) mass is 274 g/mol. The molecule has 0 unspecified atom stereocenters. The predicted molar refractivity (Wildman–Crippen MR) is 81.3 cm³/mol. The molecule has 4 aliphatic rings. The first kappa shape index (κ1) is 13.3. The van der Waals surface area contributed by atoms with Gasteiger partial charge in [0.2, 0.25) is 0 Å². The van der Waals surface area contributed by atoms with E-state index in [1.807, 2.05) is 0 Å². The van der Waals surface area contributed by atoms with Gasteiger partial charge in [0.25, 0.3) is 0 Å². The predicted octanol–water partition coefficient (Wildman–Crippen LogP) is 4.84. The summed E-state index contributed by atoms with van der Waals surface area (Å²) in [6.45, 7) is 4.83. The van der Waals surface area contributed by atoms with E-state index in [1.54, 1.807) is 0 Å². The lowest BCUT2D eigenvalue weighted by Gasteiger charge is -2.58. The first-order valence-corrected chi connectivity index (χ1v) is 9.14. The molecule has 0 aliphatic heterocycles. The van der Waals surface area contributed by atoms with E-state index in [9.17, 15) is 4.79 Å². The van der Waals surface area contributed by atoms with Gasteiger partial charge in [0.05, 0.1) is 0 Å². The van der Waals surface area contributed by atoms with Gasteiger partial charge in [0, 0.05) is 12.3 Å². The second-order valence-corrected chi connectivity index (χ2v) is 8.66. The lowest BCUT2D eigenvalue weighted by atomic mass is 9.47. The van der Waals surface area contributed by atoms with E-state index >= 15 is 0 Å².